The minimum Gasteiger partial charge on any atom is -0.545 e. The summed E-state index contributed by atoms with van der Waals surface area (Å²) in [5.41, 5.74) is 7.09. The number of hydrogen-bond acceptors (Lipinski definition) is 5. The molecule has 0 aliphatic heterocycles. The van der Waals surface area contributed by atoms with Gasteiger partial charge in [0.25, 0.3) is 0 Å². The van der Waals surface area contributed by atoms with Crippen molar-refractivity contribution in [1.82, 2.24) is 0 Å². The molecule has 1 aliphatic rings. The number of hydrogen-bond donors (Lipinski definition) is 4. The van der Waals surface area contributed by atoms with Crippen molar-refractivity contribution in [3.05, 3.63) is 119 Å². The van der Waals surface area contributed by atoms with Gasteiger partial charge in [-0.25, -0.2) is 4.79 Å². The highest BCUT2D eigenvalue weighted by molar-refractivity contribution is 5.93. The Hall–Kier alpha value is -4.46. The predicted octanol–water partition coefficient (Wildman–Crippen LogP) is 2.76. The number of carboxylic acids is 2. The quantitative estimate of drug-likeness (QED) is 0.211. The molecule has 7 heteroatoms. The fourth-order valence-corrected chi connectivity index (χ4v) is 4.15. The van der Waals surface area contributed by atoms with Gasteiger partial charge in [-0.3, -0.25) is 0 Å². The number of quaternary nitrogens is 1. The average Bonchev–Trinajstić information content (AvgIpc) is 3.07. The topological polar surface area (TPSA) is 134 Å². The lowest BCUT2D eigenvalue weighted by molar-refractivity contribution is -0.693. The molecule has 0 amide bonds. The van der Waals surface area contributed by atoms with E-state index in [0.717, 1.165) is 18.5 Å². The number of benzene rings is 3. The largest absolute Gasteiger partial charge is 0.545 e. The molecule has 0 heterocycles. The van der Waals surface area contributed by atoms with Crippen LogP contribution in [0.5, 0.6) is 5.75 Å². The second-order valence-electron chi connectivity index (χ2n) is 8.82. The van der Waals surface area contributed by atoms with Crippen molar-refractivity contribution in [2.24, 2.45) is 0 Å². The number of phenols is 1. The van der Waals surface area contributed by atoms with Crippen LogP contribution in [-0.4, -0.2) is 39.8 Å². The van der Waals surface area contributed by atoms with Crippen LogP contribution in [0.2, 0.25) is 0 Å². The molecule has 4 rings (SSSR count). The number of carboxylic acid groups (broad SMARTS) is 2. The highest BCUT2D eigenvalue weighted by atomic mass is 16.4. The summed E-state index contributed by atoms with van der Waals surface area (Å²) in [6.07, 6.45) is 7.99. The van der Waals surface area contributed by atoms with E-state index in [1.54, 1.807) is 24.3 Å². The van der Waals surface area contributed by atoms with E-state index in [1.807, 2.05) is 6.92 Å². The molecular weight excluding hydrogens is 482 g/mol. The molecule has 7 nitrogen and oxygen atoms in total. The molecule has 0 aromatic heterocycles. The van der Waals surface area contributed by atoms with Crippen LogP contribution in [0.15, 0.2) is 91.0 Å². The molecule has 5 N–H and O–H groups in total. The lowest BCUT2D eigenvalue weighted by Gasteiger charge is -2.18. The van der Waals surface area contributed by atoms with Crippen LogP contribution < -0.4 is 10.4 Å². The van der Waals surface area contributed by atoms with E-state index < -0.39 is 18.0 Å². The van der Waals surface area contributed by atoms with Gasteiger partial charge in [0.2, 0.25) is 0 Å². The van der Waals surface area contributed by atoms with Crippen LogP contribution in [-0.2, 0) is 9.59 Å². The molecule has 0 fully saturated rings. The molecule has 0 spiro atoms. The normalized spacial score (nSPS) is 13.4. The Kier molecular flexibility index (Phi) is 10.2. The third kappa shape index (κ3) is 8.03. The molecule has 3 aromatic carbocycles. The van der Waals surface area contributed by atoms with E-state index in [1.165, 1.54) is 27.8 Å². The van der Waals surface area contributed by atoms with Gasteiger partial charge < -0.3 is 30.5 Å². The van der Waals surface area contributed by atoms with Gasteiger partial charge in [-0.1, -0.05) is 78.9 Å². The number of aliphatic carboxylic acids is 2. The van der Waals surface area contributed by atoms with E-state index in [9.17, 15) is 24.9 Å². The van der Waals surface area contributed by atoms with Crippen molar-refractivity contribution in [1.29, 1.82) is 0 Å². The van der Waals surface area contributed by atoms with Gasteiger partial charge >= 0.3 is 5.97 Å². The molecule has 2 unspecified atom stereocenters. The van der Waals surface area contributed by atoms with Crippen molar-refractivity contribution in [3.8, 4) is 5.75 Å². The number of aliphatic hydroxyl groups excluding tert-OH is 1. The molecule has 0 saturated heterocycles. The van der Waals surface area contributed by atoms with Crippen LogP contribution in [0.25, 0.3) is 17.7 Å². The number of nitrogens with two attached hydrogens (primary N) is 1. The SMILES string of the molecule is CC([NH2+]CCC=C1c2ccccc2C=Cc2ccccc21)C(O)c1ccc(O)cc1.O=C([O-])/C=C/C(=O)O. The number of carbonyl (C=O) groups excluding carboxylic acids is 1. The molecule has 3 aromatic rings. The van der Waals surface area contributed by atoms with Crippen LogP contribution in [0, 0.1) is 0 Å². The van der Waals surface area contributed by atoms with E-state index in [-0.39, 0.29) is 11.8 Å². The molecule has 0 radical (unpaired) electrons. The van der Waals surface area contributed by atoms with Crippen LogP contribution in [0.1, 0.15) is 47.3 Å². The first-order valence-electron chi connectivity index (χ1n) is 12.3. The van der Waals surface area contributed by atoms with Gasteiger partial charge in [-0.05, 0) is 58.5 Å². The Labute approximate surface area is 221 Å². The van der Waals surface area contributed by atoms with Gasteiger partial charge in [0.15, 0.2) is 0 Å². The first kappa shape index (κ1) is 28.1. The minimum absolute atomic E-state index is 0.0308. The predicted molar refractivity (Wildman–Crippen MR) is 145 cm³/mol. The number of aromatic hydroxyl groups is 1. The number of carbonyl (C=O) groups is 2. The highest BCUT2D eigenvalue weighted by Crippen LogP contribution is 2.33. The Balaban J connectivity index is 0.000000436. The van der Waals surface area contributed by atoms with Gasteiger partial charge in [-0.2, -0.15) is 0 Å². The monoisotopic (exact) mass is 513 g/mol. The van der Waals surface area contributed by atoms with Crippen LogP contribution >= 0.6 is 0 Å². The molecule has 2 atom stereocenters. The van der Waals surface area contributed by atoms with E-state index in [2.05, 4.69) is 72.1 Å². The summed E-state index contributed by atoms with van der Waals surface area (Å²) in [7, 11) is 0. The fourth-order valence-electron chi connectivity index (χ4n) is 4.15. The molecule has 38 heavy (non-hydrogen) atoms. The zero-order chi connectivity index (χ0) is 27.5. The second-order valence-corrected chi connectivity index (χ2v) is 8.82. The summed E-state index contributed by atoms with van der Waals surface area (Å²) < 4.78 is 0. The zero-order valence-corrected chi connectivity index (χ0v) is 21.0. The summed E-state index contributed by atoms with van der Waals surface area (Å²) in [6.45, 7) is 2.92. The van der Waals surface area contributed by atoms with Gasteiger partial charge in [0.05, 0.1) is 12.5 Å². The van der Waals surface area contributed by atoms with Crippen molar-refractivity contribution in [2.75, 3.05) is 6.54 Å². The van der Waals surface area contributed by atoms with Crippen molar-refractivity contribution in [3.63, 3.8) is 0 Å². The van der Waals surface area contributed by atoms with Crippen molar-refractivity contribution in [2.45, 2.75) is 25.5 Å². The van der Waals surface area contributed by atoms with Gasteiger partial charge in [-0.15, -0.1) is 0 Å². The maximum atomic E-state index is 10.6. The van der Waals surface area contributed by atoms with E-state index >= 15 is 0 Å². The molecule has 1 aliphatic carbocycles. The smallest absolute Gasteiger partial charge is 0.328 e. The molecule has 0 bridgehead atoms. The Morgan fingerprint density at radius 3 is 1.95 bits per heavy atom. The summed E-state index contributed by atoms with van der Waals surface area (Å²) in [4.78, 5) is 19.0. The standard InChI is InChI=1S/C27H27NO2.C4H4O4/c1-19(27(30)22-14-16-23(29)17-15-22)28-18-6-11-26-24-9-4-2-7-20(24)12-13-21-8-3-5-10-25(21)26;5-3(6)1-2-4(7)8/h2-5,7-17,19,27-30H,6,18H2,1H3;1-2H,(H,5,6)(H,7,8)/b;2-1+. The first-order valence-corrected chi connectivity index (χ1v) is 12.3. The molecular formula is C31H31NO6. The number of rotatable bonds is 8. The second kappa shape index (κ2) is 13.7. The fraction of sp³-hybridized carbons (Fsp3) is 0.161. The third-order valence-electron chi connectivity index (χ3n) is 6.09. The van der Waals surface area contributed by atoms with Gasteiger partial charge in [0, 0.05) is 12.5 Å². The average molecular weight is 514 g/mol. The molecule has 0 saturated carbocycles. The Bertz CT molecular complexity index is 1270. The molecule has 196 valence electrons. The summed E-state index contributed by atoms with van der Waals surface area (Å²) >= 11 is 0. The van der Waals surface area contributed by atoms with E-state index in [4.69, 9.17) is 5.11 Å². The first-order chi connectivity index (χ1) is 18.3. The lowest BCUT2D eigenvalue weighted by Crippen LogP contribution is -2.90. The van der Waals surface area contributed by atoms with Crippen LogP contribution in [0.4, 0.5) is 0 Å². The third-order valence-corrected chi connectivity index (χ3v) is 6.09. The number of fused-ring (bicyclic) bond motifs is 2. The summed E-state index contributed by atoms with van der Waals surface area (Å²) in [5.74, 6) is -2.59. The number of phenolic OH excluding ortho intramolecular Hbond substituents is 1. The lowest BCUT2D eigenvalue weighted by atomic mass is 9.93. The van der Waals surface area contributed by atoms with Crippen molar-refractivity contribution < 1.29 is 35.3 Å². The number of aliphatic hydroxyl groups is 1. The van der Waals surface area contributed by atoms with Gasteiger partial charge in [0.1, 0.15) is 17.9 Å². The Morgan fingerprint density at radius 2 is 1.45 bits per heavy atom. The summed E-state index contributed by atoms with van der Waals surface area (Å²) in [6, 6.07) is 23.9. The zero-order valence-electron chi connectivity index (χ0n) is 21.0. The maximum absolute atomic E-state index is 10.6. The van der Waals surface area contributed by atoms with Crippen LogP contribution in [0.3, 0.4) is 0 Å². The maximum Gasteiger partial charge on any atom is 0.328 e. The van der Waals surface area contributed by atoms with Crippen molar-refractivity contribution >= 4 is 29.7 Å². The highest BCUT2D eigenvalue weighted by Gasteiger charge is 2.19. The Morgan fingerprint density at radius 1 is 0.895 bits per heavy atom. The van der Waals surface area contributed by atoms with E-state index in [0.29, 0.717) is 12.2 Å². The summed E-state index contributed by atoms with van der Waals surface area (Å²) in [5, 5.41) is 39.4. The minimum atomic E-state index is -1.51.